The van der Waals surface area contributed by atoms with Gasteiger partial charge in [-0.1, -0.05) is 0 Å². The highest BCUT2D eigenvalue weighted by Crippen LogP contribution is 2.29. The van der Waals surface area contributed by atoms with E-state index in [1.54, 1.807) is 4.90 Å². The van der Waals surface area contributed by atoms with Gasteiger partial charge in [-0.2, -0.15) is 0 Å². The summed E-state index contributed by atoms with van der Waals surface area (Å²) < 4.78 is 0. The fourth-order valence-electron chi connectivity index (χ4n) is 2.36. The summed E-state index contributed by atoms with van der Waals surface area (Å²) in [7, 11) is 0. The number of hydrogen-bond acceptors (Lipinski definition) is 3. The molecule has 0 aromatic heterocycles. The van der Waals surface area contributed by atoms with Gasteiger partial charge >= 0.3 is 12.0 Å². The van der Waals surface area contributed by atoms with Gasteiger partial charge < -0.3 is 20.0 Å². The number of nitrogens with zero attached hydrogens (tertiary/aromatic N) is 2. The predicted octanol–water partition coefficient (Wildman–Crippen LogP) is 0.111. The number of rotatable bonds is 3. The van der Waals surface area contributed by atoms with E-state index in [-0.39, 0.29) is 25.0 Å². The van der Waals surface area contributed by atoms with Crippen LogP contribution in [0.1, 0.15) is 26.2 Å². The van der Waals surface area contributed by atoms with Crippen LogP contribution < -0.4 is 0 Å². The van der Waals surface area contributed by atoms with Crippen molar-refractivity contribution in [1.82, 2.24) is 9.80 Å². The second kappa shape index (κ2) is 4.52. The van der Waals surface area contributed by atoms with Gasteiger partial charge in [0.2, 0.25) is 0 Å². The van der Waals surface area contributed by atoms with Crippen molar-refractivity contribution in [2.45, 2.75) is 44.4 Å². The molecule has 96 valence electrons. The molecule has 6 heteroatoms. The number of urea groups is 1. The van der Waals surface area contributed by atoms with Crippen LogP contribution in [0.3, 0.4) is 0 Å². The minimum atomic E-state index is -1.04. The fourth-order valence-corrected chi connectivity index (χ4v) is 2.36. The first kappa shape index (κ1) is 12.2. The minimum absolute atomic E-state index is 0.124. The third-order valence-electron chi connectivity index (χ3n) is 3.38. The normalized spacial score (nSPS) is 28.2. The van der Waals surface area contributed by atoms with E-state index in [1.165, 1.54) is 4.90 Å². The number of carbonyl (C=O) groups is 2. The molecule has 2 N–H and O–H groups in total. The molecule has 1 saturated carbocycles. The number of β-amino-alcohol motifs (C(OH)–C–C–N with tert-alkyl or cyclic N) is 1. The topological polar surface area (TPSA) is 81.1 Å². The smallest absolute Gasteiger partial charge is 0.326 e. The van der Waals surface area contributed by atoms with E-state index in [4.69, 9.17) is 5.11 Å². The number of aliphatic hydroxyl groups excluding tert-OH is 1. The molecular weight excluding hydrogens is 224 g/mol. The first-order valence-electron chi connectivity index (χ1n) is 6.02. The van der Waals surface area contributed by atoms with E-state index in [0.29, 0.717) is 6.54 Å². The number of likely N-dealkylation sites (tertiary alicyclic amines) is 1. The van der Waals surface area contributed by atoms with Crippen molar-refractivity contribution < 1.29 is 19.8 Å². The summed E-state index contributed by atoms with van der Waals surface area (Å²) in [5.74, 6) is -1.04. The summed E-state index contributed by atoms with van der Waals surface area (Å²) in [5, 5.41) is 18.5. The van der Waals surface area contributed by atoms with Gasteiger partial charge in [0, 0.05) is 25.6 Å². The molecule has 0 aromatic carbocycles. The van der Waals surface area contributed by atoms with Crippen LogP contribution in [0, 0.1) is 0 Å². The molecule has 17 heavy (non-hydrogen) atoms. The van der Waals surface area contributed by atoms with Gasteiger partial charge in [0.05, 0.1) is 6.10 Å². The SMILES string of the molecule is CCN(C(=O)N1C[C@H](O)C[C@@H]1C(=O)O)C1CC1. The molecule has 2 fully saturated rings. The Morgan fingerprint density at radius 2 is 2.06 bits per heavy atom. The highest BCUT2D eigenvalue weighted by atomic mass is 16.4. The molecule has 1 heterocycles. The third kappa shape index (κ3) is 2.36. The van der Waals surface area contributed by atoms with Crippen molar-refractivity contribution in [3.8, 4) is 0 Å². The zero-order chi connectivity index (χ0) is 12.6. The van der Waals surface area contributed by atoms with Crippen molar-refractivity contribution in [2.24, 2.45) is 0 Å². The van der Waals surface area contributed by atoms with E-state index in [0.717, 1.165) is 12.8 Å². The molecule has 1 saturated heterocycles. The van der Waals surface area contributed by atoms with Crippen molar-refractivity contribution in [2.75, 3.05) is 13.1 Å². The van der Waals surface area contributed by atoms with Gasteiger partial charge in [-0.05, 0) is 19.8 Å². The van der Waals surface area contributed by atoms with Gasteiger partial charge in [0.15, 0.2) is 0 Å². The van der Waals surface area contributed by atoms with Crippen LogP contribution >= 0.6 is 0 Å². The van der Waals surface area contributed by atoms with E-state index < -0.39 is 18.1 Å². The summed E-state index contributed by atoms with van der Waals surface area (Å²) in [5.41, 5.74) is 0. The molecule has 0 bridgehead atoms. The standard InChI is InChI=1S/C11H18N2O4/c1-2-12(7-3-4-7)11(17)13-6-8(14)5-9(13)10(15)16/h7-9,14H,2-6H2,1H3,(H,15,16)/t8-,9-/m1/s1. The van der Waals surface area contributed by atoms with Gasteiger partial charge in [-0.15, -0.1) is 0 Å². The Hall–Kier alpha value is -1.30. The van der Waals surface area contributed by atoms with Crippen molar-refractivity contribution >= 4 is 12.0 Å². The molecule has 0 unspecified atom stereocenters. The second-order valence-electron chi connectivity index (χ2n) is 4.70. The Labute approximate surface area is 99.8 Å². The summed E-state index contributed by atoms with van der Waals surface area (Å²) >= 11 is 0. The highest BCUT2D eigenvalue weighted by molar-refractivity contribution is 5.83. The zero-order valence-electron chi connectivity index (χ0n) is 9.87. The zero-order valence-corrected chi connectivity index (χ0v) is 9.87. The van der Waals surface area contributed by atoms with Crippen LogP contribution in [-0.2, 0) is 4.79 Å². The van der Waals surface area contributed by atoms with Crippen molar-refractivity contribution in [1.29, 1.82) is 0 Å². The number of carboxylic acid groups (broad SMARTS) is 1. The Balaban J connectivity index is 2.08. The number of aliphatic hydroxyl groups is 1. The number of amides is 2. The average Bonchev–Trinajstić information content (AvgIpc) is 3.01. The molecule has 2 aliphatic rings. The lowest BCUT2D eigenvalue weighted by atomic mass is 10.2. The summed E-state index contributed by atoms with van der Waals surface area (Å²) in [6.07, 6.45) is 1.39. The molecule has 1 aliphatic carbocycles. The fraction of sp³-hybridized carbons (Fsp3) is 0.818. The molecule has 0 spiro atoms. The van der Waals surface area contributed by atoms with Crippen LogP contribution in [0.15, 0.2) is 0 Å². The van der Waals surface area contributed by atoms with E-state index in [9.17, 15) is 14.7 Å². The van der Waals surface area contributed by atoms with Crippen LogP contribution in [-0.4, -0.2) is 63.3 Å². The van der Waals surface area contributed by atoms with Crippen LogP contribution in [0.4, 0.5) is 4.79 Å². The van der Waals surface area contributed by atoms with Crippen molar-refractivity contribution in [3.05, 3.63) is 0 Å². The van der Waals surface area contributed by atoms with Crippen LogP contribution in [0.25, 0.3) is 0 Å². The minimum Gasteiger partial charge on any atom is -0.480 e. The summed E-state index contributed by atoms with van der Waals surface area (Å²) in [6.45, 7) is 2.60. The van der Waals surface area contributed by atoms with E-state index in [2.05, 4.69) is 0 Å². The van der Waals surface area contributed by atoms with E-state index in [1.807, 2.05) is 6.92 Å². The quantitative estimate of drug-likeness (QED) is 0.736. The Bertz CT molecular complexity index is 329. The Morgan fingerprint density at radius 1 is 1.41 bits per heavy atom. The van der Waals surface area contributed by atoms with E-state index >= 15 is 0 Å². The molecule has 6 nitrogen and oxygen atoms in total. The number of carboxylic acids is 1. The van der Waals surface area contributed by atoms with Crippen molar-refractivity contribution in [3.63, 3.8) is 0 Å². The Morgan fingerprint density at radius 3 is 2.53 bits per heavy atom. The lowest BCUT2D eigenvalue weighted by molar-refractivity contribution is -0.141. The number of carbonyl (C=O) groups excluding carboxylic acids is 1. The van der Waals surface area contributed by atoms with Gasteiger partial charge in [0.25, 0.3) is 0 Å². The Kier molecular flexibility index (Phi) is 3.24. The molecular formula is C11H18N2O4. The molecule has 0 aromatic rings. The lowest BCUT2D eigenvalue weighted by Crippen LogP contribution is -2.48. The molecule has 1 aliphatic heterocycles. The summed E-state index contributed by atoms with van der Waals surface area (Å²) in [4.78, 5) is 26.2. The first-order chi connectivity index (χ1) is 8.04. The largest absolute Gasteiger partial charge is 0.480 e. The summed E-state index contributed by atoms with van der Waals surface area (Å²) in [6, 6.07) is -0.871. The van der Waals surface area contributed by atoms with Crippen LogP contribution in [0.5, 0.6) is 0 Å². The molecule has 0 radical (unpaired) electrons. The number of aliphatic carboxylic acids is 1. The van der Waals surface area contributed by atoms with Crippen LogP contribution in [0.2, 0.25) is 0 Å². The molecule has 2 amide bonds. The maximum Gasteiger partial charge on any atom is 0.326 e. The third-order valence-corrected chi connectivity index (χ3v) is 3.38. The maximum absolute atomic E-state index is 12.2. The average molecular weight is 242 g/mol. The highest BCUT2D eigenvalue weighted by Gasteiger charge is 2.43. The molecule has 2 atom stereocenters. The second-order valence-corrected chi connectivity index (χ2v) is 4.70. The lowest BCUT2D eigenvalue weighted by Gasteiger charge is -2.29. The van der Waals surface area contributed by atoms with Gasteiger partial charge in [-0.3, -0.25) is 0 Å². The maximum atomic E-state index is 12.2. The predicted molar refractivity (Wildman–Crippen MR) is 59.6 cm³/mol. The first-order valence-corrected chi connectivity index (χ1v) is 6.02. The van der Waals surface area contributed by atoms with Gasteiger partial charge in [0.1, 0.15) is 6.04 Å². The monoisotopic (exact) mass is 242 g/mol. The molecule has 2 rings (SSSR count). The van der Waals surface area contributed by atoms with Gasteiger partial charge in [-0.25, -0.2) is 9.59 Å². The number of hydrogen-bond donors (Lipinski definition) is 2.